The number of aryl methyl sites for hydroxylation is 2. The van der Waals surface area contributed by atoms with Crippen molar-refractivity contribution in [2.75, 3.05) is 10.6 Å². The van der Waals surface area contributed by atoms with Gasteiger partial charge in [0.1, 0.15) is 21.7 Å². The molecule has 0 bridgehead atoms. The van der Waals surface area contributed by atoms with Gasteiger partial charge in [-0.05, 0) is 37.6 Å². The maximum absolute atomic E-state index is 14.1. The molecular formula is C25H19F5N4O3S. The summed E-state index contributed by atoms with van der Waals surface area (Å²) in [5.74, 6) is -12.8. The Morgan fingerprint density at radius 3 is 2.26 bits per heavy atom. The van der Waals surface area contributed by atoms with Gasteiger partial charge in [0, 0.05) is 11.4 Å². The maximum atomic E-state index is 14.1. The molecule has 1 atom stereocenters. The van der Waals surface area contributed by atoms with E-state index in [0.29, 0.717) is 23.2 Å². The predicted octanol–water partition coefficient (Wildman–Crippen LogP) is 5.10. The molecular weight excluding hydrogens is 531 g/mol. The summed E-state index contributed by atoms with van der Waals surface area (Å²) in [4.78, 5) is 30.4. The summed E-state index contributed by atoms with van der Waals surface area (Å²) in [5, 5.41) is 2.93. The van der Waals surface area contributed by atoms with E-state index in [2.05, 4.69) is 10.3 Å². The molecule has 0 radical (unpaired) electrons. The van der Waals surface area contributed by atoms with Gasteiger partial charge in [-0.25, -0.2) is 22.0 Å². The number of carbonyl (C=O) groups excluding carboxylic acids is 2. The number of aliphatic imine (C=N–C) groups is 1. The average Bonchev–Trinajstić information content (AvgIpc) is 3.52. The third-order valence-corrected chi connectivity index (χ3v) is 6.79. The SMILES string of the molecule is Cc1ccc(NC(=O)C2=C(N)[C@H](C(=O)Nc3c(F)c(F)c(F)c(F)c3F)SC2=NCc2ccco2)c(C)c1. The first-order valence-corrected chi connectivity index (χ1v) is 11.8. The minimum Gasteiger partial charge on any atom is -0.467 e. The van der Waals surface area contributed by atoms with Crippen LogP contribution in [0.3, 0.4) is 0 Å². The van der Waals surface area contributed by atoms with Crippen LogP contribution in [0.4, 0.5) is 33.3 Å². The van der Waals surface area contributed by atoms with Crippen molar-refractivity contribution in [3.8, 4) is 0 Å². The summed E-state index contributed by atoms with van der Waals surface area (Å²) in [6.07, 6.45) is 1.41. The molecule has 1 aliphatic heterocycles. The molecule has 198 valence electrons. The summed E-state index contributed by atoms with van der Waals surface area (Å²) in [6, 6.07) is 8.53. The first-order chi connectivity index (χ1) is 18.0. The Kier molecular flexibility index (Phi) is 7.58. The Bertz CT molecular complexity index is 1480. The molecule has 4 N–H and O–H groups in total. The lowest BCUT2D eigenvalue weighted by Crippen LogP contribution is -2.30. The zero-order valence-electron chi connectivity index (χ0n) is 19.8. The molecule has 13 heteroatoms. The van der Waals surface area contributed by atoms with Crippen molar-refractivity contribution in [1.29, 1.82) is 0 Å². The molecule has 2 amide bonds. The van der Waals surface area contributed by atoms with Gasteiger partial charge >= 0.3 is 0 Å². The lowest BCUT2D eigenvalue weighted by atomic mass is 10.1. The fourth-order valence-electron chi connectivity index (χ4n) is 3.62. The smallest absolute Gasteiger partial charge is 0.260 e. The molecule has 0 unspecified atom stereocenters. The van der Waals surface area contributed by atoms with Gasteiger partial charge in [-0.15, -0.1) is 0 Å². The van der Waals surface area contributed by atoms with Crippen LogP contribution in [0.2, 0.25) is 0 Å². The molecule has 2 heterocycles. The summed E-state index contributed by atoms with van der Waals surface area (Å²) < 4.78 is 74.1. The van der Waals surface area contributed by atoms with E-state index in [1.54, 1.807) is 36.5 Å². The summed E-state index contributed by atoms with van der Waals surface area (Å²) in [5.41, 5.74) is 6.26. The van der Waals surface area contributed by atoms with Gasteiger partial charge in [-0.2, -0.15) is 0 Å². The molecule has 0 fully saturated rings. The number of anilines is 2. The number of benzene rings is 2. The van der Waals surface area contributed by atoms with Gasteiger partial charge in [0.05, 0.1) is 18.4 Å². The highest BCUT2D eigenvalue weighted by Gasteiger charge is 2.39. The molecule has 1 aliphatic rings. The number of nitrogens with two attached hydrogens (primary N) is 1. The zero-order chi connectivity index (χ0) is 27.7. The van der Waals surface area contributed by atoms with Crippen LogP contribution >= 0.6 is 11.8 Å². The molecule has 0 saturated carbocycles. The number of hydrogen-bond acceptors (Lipinski definition) is 6. The number of thioether (sulfide) groups is 1. The minimum atomic E-state index is -2.37. The molecule has 7 nitrogen and oxygen atoms in total. The van der Waals surface area contributed by atoms with Crippen LogP contribution in [0.25, 0.3) is 0 Å². The Hall–Kier alpha value is -4.13. The Morgan fingerprint density at radius 1 is 1.00 bits per heavy atom. The summed E-state index contributed by atoms with van der Waals surface area (Å²) in [6.45, 7) is 3.62. The predicted molar refractivity (Wildman–Crippen MR) is 132 cm³/mol. The van der Waals surface area contributed by atoms with Crippen LogP contribution in [0.1, 0.15) is 16.9 Å². The normalized spacial score (nSPS) is 16.3. The molecule has 4 rings (SSSR count). The summed E-state index contributed by atoms with van der Waals surface area (Å²) >= 11 is 0.675. The fourth-order valence-corrected chi connectivity index (χ4v) is 4.72. The first kappa shape index (κ1) is 26.9. The Morgan fingerprint density at radius 2 is 1.66 bits per heavy atom. The fraction of sp³-hybridized carbons (Fsp3) is 0.160. The lowest BCUT2D eigenvalue weighted by Gasteiger charge is -2.14. The van der Waals surface area contributed by atoms with Gasteiger partial charge in [-0.1, -0.05) is 29.5 Å². The summed E-state index contributed by atoms with van der Waals surface area (Å²) in [7, 11) is 0. The first-order valence-electron chi connectivity index (χ1n) is 10.9. The zero-order valence-corrected chi connectivity index (χ0v) is 20.6. The molecule has 3 aromatic rings. The largest absolute Gasteiger partial charge is 0.467 e. The van der Waals surface area contributed by atoms with E-state index in [9.17, 15) is 31.5 Å². The molecule has 0 saturated heterocycles. The lowest BCUT2D eigenvalue weighted by molar-refractivity contribution is -0.115. The van der Waals surface area contributed by atoms with Crippen molar-refractivity contribution in [3.05, 3.63) is 93.8 Å². The second-order valence-electron chi connectivity index (χ2n) is 8.24. The van der Waals surface area contributed by atoms with Crippen molar-refractivity contribution in [2.45, 2.75) is 25.6 Å². The van der Waals surface area contributed by atoms with Crippen LogP contribution in [0, 0.1) is 42.9 Å². The number of amides is 2. The second kappa shape index (κ2) is 10.7. The van der Waals surface area contributed by atoms with Gasteiger partial charge in [0.25, 0.3) is 5.91 Å². The van der Waals surface area contributed by atoms with Crippen molar-refractivity contribution in [3.63, 3.8) is 0 Å². The van der Waals surface area contributed by atoms with Gasteiger partial charge < -0.3 is 20.8 Å². The van der Waals surface area contributed by atoms with Crippen LogP contribution < -0.4 is 16.4 Å². The van der Waals surface area contributed by atoms with Crippen LogP contribution in [-0.4, -0.2) is 22.1 Å². The van der Waals surface area contributed by atoms with Crippen molar-refractivity contribution in [1.82, 2.24) is 0 Å². The molecule has 38 heavy (non-hydrogen) atoms. The number of halogens is 5. The number of nitrogens with zero attached hydrogens (tertiary/aromatic N) is 1. The van der Waals surface area contributed by atoms with Crippen molar-refractivity contribution < 1.29 is 36.0 Å². The monoisotopic (exact) mass is 550 g/mol. The Balaban J connectivity index is 1.68. The molecule has 0 aliphatic carbocycles. The van der Waals surface area contributed by atoms with Gasteiger partial charge in [0.2, 0.25) is 11.7 Å². The third-order valence-electron chi connectivity index (χ3n) is 5.53. The van der Waals surface area contributed by atoms with E-state index in [-0.39, 0.29) is 22.9 Å². The topological polar surface area (TPSA) is 110 Å². The van der Waals surface area contributed by atoms with E-state index in [1.165, 1.54) is 6.26 Å². The van der Waals surface area contributed by atoms with Gasteiger partial charge in [-0.3, -0.25) is 14.6 Å². The average molecular weight is 551 g/mol. The Labute approximate surface area is 217 Å². The quantitative estimate of drug-likeness (QED) is 0.225. The molecule has 0 spiro atoms. The number of furan rings is 1. The standard InChI is InChI=1S/C25H19F5N4O3S/c1-10-5-6-13(11(2)8-10)33-23(35)14-20(31)22(38-25(14)32-9-12-4-3-7-37-12)24(36)34-21-18(29)16(27)15(26)17(28)19(21)30/h3-8,22H,9,31H2,1-2H3,(H,33,35)(H,34,36)/t22-/m1/s1. The highest BCUT2D eigenvalue weighted by molar-refractivity contribution is 8.16. The van der Waals surface area contributed by atoms with Crippen LogP contribution in [-0.2, 0) is 16.1 Å². The third kappa shape index (κ3) is 5.14. The van der Waals surface area contributed by atoms with Gasteiger partial charge in [0.15, 0.2) is 23.3 Å². The second-order valence-corrected chi connectivity index (χ2v) is 9.33. The molecule has 1 aromatic heterocycles. The van der Waals surface area contributed by atoms with E-state index in [1.807, 2.05) is 13.0 Å². The van der Waals surface area contributed by atoms with Crippen LogP contribution in [0.5, 0.6) is 0 Å². The molecule has 2 aromatic carbocycles. The number of hydrogen-bond donors (Lipinski definition) is 3. The number of nitrogens with one attached hydrogen (secondary N) is 2. The number of carbonyl (C=O) groups is 2. The van der Waals surface area contributed by atoms with E-state index in [4.69, 9.17) is 10.2 Å². The van der Waals surface area contributed by atoms with Crippen molar-refractivity contribution in [2.24, 2.45) is 10.7 Å². The highest BCUT2D eigenvalue weighted by Crippen LogP contribution is 2.36. The minimum absolute atomic E-state index is 0.0127. The number of rotatable bonds is 6. The van der Waals surface area contributed by atoms with Crippen LogP contribution in [0.15, 0.2) is 57.3 Å². The van der Waals surface area contributed by atoms with E-state index >= 15 is 0 Å². The van der Waals surface area contributed by atoms with E-state index < -0.39 is 51.8 Å². The maximum Gasteiger partial charge on any atom is 0.260 e. The van der Waals surface area contributed by atoms with E-state index in [0.717, 1.165) is 11.1 Å². The highest BCUT2D eigenvalue weighted by atomic mass is 32.2. The van der Waals surface area contributed by atoms with Crippen molar-refractivity contribution >= 4 is 40.0 Å².